The maximum Gasteiger partial charge on any atom is 0.327 e. The van der Waals surface area contributed by atoms with E-state index in [2.05, 4.69) is 67.5 Å². The summed E-state index contributed by atoms with van der Waals surface area (Å²) in [5.41, 5.74) is 7.58. The number of thiol groups is 2. The Labute approximate surface area is 460 Å². The number of nitrogens with one attached hydrogen (secondary N) is 8. The minimum Gasteiger partial charge on any atom is -0.508 e. The molecule has 24 nitrogen and oxygen atoms in total. The summed E-state index contributed by atoms with van der Waals surface area (Å²) in [4.78, 5) is 139. The van der Waals surface area contributed by atoms with Gasteiger partial charge in [-0.2, -0.15) is 37.0 Å². The summed E-state index contributed by atoms with van der Waals surface area (Å²) in [7, 11) is 0. The number of aromatic hydroxyl groups is 1. The molecule has 27 heteroatoms. The van der Waals surface area contributed by atoms with Crippen molar-refractivity contribution in [3.05, 3.63) is 65.9 Å². The topological polar surface area (TPSA) is 381 Å². The van der Waals surface area contributed by atoms with Crippen molar-refractivity contribution in [2.24, 2.45) is 11.7 Å². The number of aliphatic hydroxyl groups excluding tert-OH is 1. The minimum absolute atomic E-state index is 0.00946. The van der Waals surface area contributed by atoms with Gasteiger partial charge in [-0.15, -0.1) is 0 Å². The summed E-state index contributed by atoms with van der Waals surface area (Å²) in [6.45, 7) is 2.77. The van der Waals surface area contributed by atoms with Gasteiger partial charge >= 0.3 is 11.9 Å². The third kappa shape index (κ3) is 19.1. The normalized spacial score (nSPS) is 16.4. The highest BCUT2D eigenvalue weighted by molar-refractivity contribution is 7.98. The average Bonchev–Trinajstić information content (AvgIpc) is 4.06. The van der Waals surface area contributed by atoms with Crippen LogP contribution in [0.25, 0.3) is 10.9 Å². The van der Waals surface area contributed by atoms with Gasteiger partial charge < -0.3 is 73.3 Å². The molecule has 422 valence electrons. The maximum absolute atomic E-state index is 14.6. The van der Waals surface area contributed by atoms with E-state index in [4.69, 9.17) is 5.73 Å². The van der Waals surface area contributed by atoms with E-state index in [1.165, 1.54) is 40.9 Å². The second kappa shape index (κ2) is 31.0. The fourth-order valence-corrected chi connectivity index (χ4v) is 9.30. The molecule has 3 aromatic rings. The first kappa shape index (κ1) is 63.0. The van der Waals surface area contributed by atoms with E-state index in [1.807, 2.05) is 0 Å². The maximum atomic E-state index is 14.6. The lowest BCUT2D eigenvalue weighted by Crippen LogP contribution is -2.61. The van der Waals surface area contributed by atoms with Crippen LogP contribution in [0.1, 0.15) is 63.5 Å². The van der Waals surface area contributed by atoms with Gasteiger partial charge in [0, 0.05) is 54.4 Å². The molecule has 0 aliphatic carbocycles. The van der Waals surface area contributed by atoms with Gasteiger partial charge in [-0.25, -0.2) is 4.79 Å². The lowest BCUT2D eigenvalue weighted by atomic mass is 9.99. The number of phenolic OH excluding ortho intramolecular Hbond substituents is 1. The van der Waals surface area contributed by atoms with Crippen molar-refractivity contribution in [3.8, 4) is 5.75 Å². The molecule has 0 bridgehead atoms. The number of phenols is 1. The van der Waals surface area contributed by atoms with Crippen LogP contribution in [0.5, 0.6) is 5.75 Å². The molecule has 1 saturated heterocycles. The molecule has 1 aromatic heterocycles. The van der Waals surface area contributed by atoms with Gasteiger partial charge in [-0.3, -0.25) is 43.2 Å². The number of benzene rings is 2. The van der Waals surface area contributed by atoms with Crippen molar-refractivity contribution in [1.29, 1.82) is 0 Å². The molecule has 2 heterocycles. The molecule has 0 spiro atoms. The molecule has 4 rings (SSSR count). The molecule has 14 N–H and O–H groups in total. The number of aliphatic hydroxyl groups is 1. The Morgan fingerprint density at radius 2 is 1.26 bits per heavy atom. The fourth-order valence-electron chi connectivity index (χ4n) is 8.43. The quantitative estimate of drug-likeness (QED) is 0.0343. The van der Waals surface area contributed by atoms with E-state index in [9.17, 15) is 68.4 Å². The van der Waals surface area contributed by atoms with Crippen LogP contribution in [0.15, 0.2) is 54.7 Å². The minimum atomic E-state index is -1.75. The molecule has 1 aliphatic heterocycles. The highest BCUT2D eigenvalue weighted by Crippen LogP contribution is 2.22. The number of carboxylic acid groups (broad SMARTS) is 2. The summed E-state index contributed by atoms with van der Waals surface area (Å²) in [6.07, 6.45) is 2.61. The number of fused-ring (bicyclic) bond motifs is 1. The SMILES string of the molecule is CSCC[C@H](NC(=O)[C@@H]1CCCN1C(=O)[C@@H](N)CS)C(=O)N[C@@H](CO)C(=O)N[C@@H](CCC(=O)O)C(=O)N[C@@H](Cc1c[nH]c2ccccc12)C(=O)N[C@@H](CC(C)C)C(=O)N[C@@H](Cc1ccc(O)cc1)C(=O)N[C@@H](CS)C(=O)O. The molecule has 9 atom stereocenters. The van der Waals surface area contributed by atoms with Crippen LogP contribution in [-0.4, -0.2) is 181 Å². The summed E-state index contributed by atoms with van der Waals surface area (Å²) >= 11 is 9.46. The zero-order valence-corrected chi connectivity index (χ0v) is 45.5. The number of carbonyl (C=O) groups is 10. The first-order valence-electron chi connectivity index (χ1n) is 24.9. The summed E-state index contributed by atoms with van der Waals surface area (Å²) in [5, 5.41) is 57.9. The Morgan fingerprint density at radius 3 is 1.84 bits per heavy atom. The highest BCUT2D eigenvalue weighted by Gasteiger charge is 2.39. The number of carbonyl (C=O) groups excluding carboxylic acids is 8. The zero-order valence-electron chi connectivity index (χ0n) is 42.9. The number of H-pyrrole nitrogens is 1. The van der Waals surface area contributed by atoms with Crippen LogP contribution in [0, 0.1) is 5.92 Å². The number of aromatic nitrogens is 1. The van der Waals surface area contributed by atoms with E-state index in [0.717, 1.165) is 0 Å². The monoisotopic (exact) mass is 1130 g/mol. The predicted molar refractivity (Wildman–Crippen MR) is 292 cm³/mol. The summed E-state index contributed by atoms with van der Waals surface area (Å²) in [6, 6.07) is 0.417. The number of rotatable bonds is 31. The van der Waals surface area contributed by atoms with Crippen molar-refractivity contribution in [3.63, 3.8) is 0 Å². The number of aliphatic carboxylic acids is 2. The number of likely N-dealkylation sites (tertiary alicyclic amines) is 1. The number of nitrogens with two attached hydrogens (primary N) is 1. The van der Waals surface area contributed by atoms with Crippen molar-refractivity contribution < 1.29 is 68.4 Å². The van der Waals surface area contributed by atoms with Crippen molar-refractivity contribution in [2.45, 2.75) is 120 Å². The second-order valence-corrected chi connectivity index (χ2v) is 20.6. The molecule has 0 unspecified atom stereocenters. The largest absolute Gasteiger partial charge is 0.508 e. The predicted octanol–water partition coefficient (Wildman–Crippen LogP) is -1.03. The zero-order chi connectivity index (χ0) is 56.9. The lowest BCUT2D eigenvalue weighted by Gasteiger charge is -2.29. The molecule has 8 amide bonds. The van der Waals surface area contributed by atoms with Crippen LogP contribution in [0.2, 0.25) is 0 Å². The molecule has 0 saturated carbocycles. The van der Waals surface area contributed by atoms with E-state index in [0.29, 0.717) is 40.6 Å². The standard InChI is InChI=1S/C50H70N10O14S3/c1-26(2)19-35(44(67)56-36(20-27-10-12-29(62)13-11-27)45(68)59-39(25-76)50(73)74)55-46(69)37(21-28-22-52-32-8-5-4-7-30(28)32)57-42(65)33(14-15-41(63)64)53-47(70)38(23-61)58-43(66)34(16-18-77-3)54-48(71)40-9-6-17-60(40)49(72)31(51)24-75/h4-5,7-8,10-13,22,26,31,33-40,52,61-62,75-76H,6,9,14-21,23-25,51H2,1-3H3,(H,53,70)(H,54,71)(H,55,69)(H,56,67)(H,57,65)(H,58,66)(H,59,68)(H,63,64)(H,73,74)/t31-,33-,34-,35-,36-,37-,38-,39-,40-/m0/s1. The van der Waals surface area contributed by atoms with Crippen molar-refractivity contribution >= 4 is 107 Å². The van der Waals surface area contributed by atoms with Crippen LogP contribution in [-0.2, 0) is 60.8 Å². The van der Waals surface area contributed by atoms with Crippen molar-refractivity contribution in [2.75, 3.05) is 36.7 Å². The number of amides is 8. The molecular weight excluding hydrogens is 1060 g/mol. The molecule has 1 aliphatic rings. The Bertz CT molecular complexity index is 2550. The third-order valence-electron chi connectivity index (χ3n) is 12.6. The Hall–Kier alpha value is -6.55. The number of thioether (sulfide) groups is 1. The van der Waals surface area contributed by atoms with Gasteiger partial charge in [-0.1, -0.05) is 44.2 Å². The van der Waals surface area contributed by atoms with Crippen LogP contribution in [0.3, 0.4) is 0 Å². The molecule has 77 heavy (non-hydrogen) atoms. The van der Waals surface area contributed by atoms with Crippen LogP contribution < -0.4 is 43.0 Å². The number of nitrogens with zero attached hydrogens (tertiary/aromatic N) is 1. The van der Waals surface area contributed by atoms with Gasteiger partial charge in [-0.05, 0) is 79.4 Å². The Kier molecular flexibility index (Phi) is 25.4. The van der Waals surface area contributed by atoms with Gasteiger partial charge in [0.15, 0.2) is 0 Å². The molecule has 0 radical (unpaired) electrons. The van der Waals surface area contributed by atoms with Crippen LogP contribution in [0.4, 0.5) is 0 Å². The molecule has 1 fully saturated rings. The highest BCUT2D eigenvalue weighted by atomic mass is 32.2. The van der Waals surface area contributed by atoms with Crippen molar-refractivity contribution in [1.82, 2.24) is 47.1 Å². The summed E-state index contributed by atoms with van der Waals surface area (Å²) < 4.78 is 0. The first-order chi connectivity index (χ1) is 36.6. The van der Waals surface area contributed by atoms with Gasteiger partial charge in [0.25, 0.3) is 0 Å². The Morgan fingerprint density at radius 1 is 0.714 bits per heavy atom. The second-order valence-electron chi connectivity index (χ2n) is 18.9. The van der Waals surface area contributed by atoms with E-state index < -0.39 is 133 Å². The van der Waals surface area contributed by atoms with Gasteiger partial charge in [0.1, 0.15) is 54.1 Å². The van der Waals surface area contributed by atoms with Gasteiger partial charge in [0.2, 0.25) is 47.3 Å². The molecular formula is C50H70N10O14S3. The summed E-state index contributed by atoms with van der Waals surface area (Å²) in [5.74, 6) is -9.81. The average molecular weight is 1130 g/mol. The number of hydrogen-bond donors (Lipinski definition) is 15. The van der Waals surface area contributed by atoms with Crippen LogP contribution >= 0.6 is 37.0 Å². The smallest absolute Gasteiger partial charge is 0.327 e. The van der Waals surface area contributed by atoms with E-state index >= 15 is 0 Å². The number of carboxylic acids is 2. The van der Waals surface area contributed by atoms with E-state index in [-0.39, 0.29) is 55.4 Å². The third-order valence-corrected chi connectivity index (χ3v) is 14.0. The van der Waals surface area contributed by atoms with E-state index in [1.54, 1.807) is 50.6 Å². The fraction of sp³-hybridized carbons (Fsp3) is 0.520. The number of aromatic amines is 1. The van der Waals surface area contributed by atoms with Gasteiger partial charge in [0.05, 0.1) is 12.6 Å². The first-order valence-corrected chi connectivity index (χ1v) is 27.5. The number of hydrogen-bond acceptors (Lipinski definition) is 16. The molecule has 2 aromatic carbocycles. The lowest BCUT2D eigenvalue weighted by molar-refractivity contribution is -0.141. The Balaban J connectivity index is 1.61. The number of para-hydroxylation sites is 1.